The fourth-order valence-corrected chi connectivity index (χ4v) is 9.35. The monoisotopic (exact) mass is 444 g/mol. The lowest BCUT2D eigenvalue weighted by molar-refractivity contribution is -0.159. The molecule has 0 spiro atoms. The van der Waals surface area contributed by atoms with Gasteiger partial charge in [0.1, 0.15) is 0 Å². The highest BCUT2D eigenvalue weighted by Gasteiger charge is 2.61. The highest BCUT2D eigenvalue weighted by Crippen LogP contribution is 2.67. The van der Waals surface area contributed by atoms with E-state index in [1.54, 1.807) is 0 Å². The second kappa shape index (κ2) is 10.5. The molecular weight excluding hydrogens is 392 g/mol. The molecule has 0 amide bonds. The Balaban J connectivity index is 1.37. The Hall–Kier alpha value is -0.340. The number of aliphatic hydroxyl groups excluding tert-OH is 1. The van der Waals surface area contributed by atoms with Crippen molar-refractivity contribution in [2.24, 2.45) is 40.4 Å². The minimum absolute atomic E-state index is 0.109. The number of allylic oxidation sites excluding steroid dienone is 1. The van der Waals surface area contributed by atoms with E-state index in [-0.39, 0.29) is 6.10 Å². The third-order valence-electron chi connectivity index (χ3n) is 11.1. The van der Waals surface area contributed by atoms with E-state index in [4.69, 9.17) is 4.74 Å². The topological polar surface area (TPSA) is 29.5 Å². The highest BCUT2D eigenvalue weighted by molar-refractivity contribution is 5.11. The first-order valence-corrected chi connectivity index (χ1v) is 14.4. The Morgan fingerprint density at radius 3 is 2.31 bits per heavy atom. The first kappa shape index (κ1) is 24.8. The summed E-state index contributed by atoms with van der Waals surface area (Å²) in [4.78, 5) is 0. The summed E-state index contributed by atoms with van der Waals surface area (Å²) in [5.74, 6) is 3.74. The maximum atomic E-state index is 10.8. The van der Waals surface area contributed by atoms with Gasteiger partial charge in [-0.1, -0.05) is 59.0 Å². The van der Waals surface area contributed by atoms with Crippen LogP contribution in [-0.4, -0.2) is 23.9 Å². The summed E-state index contributed by atoms with van der Waals surface area (Å²) in [5.41, 5.74) is 0.829. The Morgan fingerprint density at radius 2 is 1.53 bits per heavy atom. The van der Waals surface area contributed by atoms with Gasteiger partial charge in [-0.05, 0) is 105 Å². The van der Waals surface area contributed by atoms with Crippen LogP contribution in [0, 0.1) is 40.4 Å². The summed E-state index contributed by atoms with van der Waals surface area (Å²) in [6.45, 7) is 12.5. The molecule has 4 aliphatic carbocycles. The summed E-state index contributed by atoms with van der Waals surface area (Å²) < 4.78 is 6.61. The number of hydrogen-bond acceptors (Lipinski definition) is 2. The van der Waals surface area contributed by atoms with E-state index in [9.17, 15) is 5.11 Å². The standard InChI is InChI=1S/C30H52O2/c1-5-7-8-9-10-11-21-32-28-16-15-24-22-13-14-25-23(12-6-2)27(31)18-20-29(25,3)26(22)17-19-30(24,28)4/h6,22-28,31H,2,5,7-21H2,1,3-4H3/t22-,23-,24-,25-,26-,27+,28?,29-,30-/m0/s1. The molecule has 0 aromatic rings. The predicted molar refractivity (Wildman–Crippen MR) is 135 cm³/mol. The molecule has 4 saturated carbocycles. The zero-order chi connectivity index (χ0) is 22.8. The van der Waals surface area contributed by atoms with Crippen LogP contribution in [-0.2, 0) is 4.74 Å². The molecule has 0 aromatic carbocycles. The van der Waals surface area contributed by atoms with Crippen LogP contribution < -0.4 is 0 Å². The van der Waals surface area contributed by atoms with Crippen LogP contribution in [0.3, 0.4) is 0 Å². The van der Waals surface area contributed by atoms with Gasteiger partial charge in [0.25, 0.3) is 0 Å². The molecule has 0 radical (unpaired) electrons. The SMILES string of the molecule is C=CC[C@@H]1[C@H](O)CC[C@@]2(C)[C@H]1CC[C@@H]1[C@@H]2CC[C@]2(C)C(OCCCCCCCC)CC[C@@H]12. The number of fused-ring (bicyclic) bond motifs is 5. The molecule has 2 heteroatoms. The van der Waals surface area contributed by atoms with Gasteiger partial charge in [0.15, 0.2) is 0 Å². The van der Waals surface area contributed by atoms with E-state index in [1.165, 1.54) is 83.5 Å². The van der Waals surface area contributed by atoms with Crippen LogP contribution in [0.2, 0.25) is 0 Å². The predicted octanol–water partition coefficient (Wildman–Crippen LogP) is 7.94. The van der Waals surface area contributed by atoms with Crippen LogP contribution in [0.4, 0.5) is 0 Å². The zero-order valence-electron chi connectivity index (χ0n) is 21.5. The van der Waals surface area contributed by atoms with Gasteiger partial charge < -0.3 is 9.84 Å². The molecule has 0 saturated heterocycles. The molecule has 4 aliphatic rings. The molecule has 4 fully saturated rings. The van der Waals surface area contributed by atoms with E-state index in [0.29, 0.717) is 28.8 Å². The second-order valence-electron chi connectivity index (χ2n) is 12.6. The van der Waals surface area contributed by atoms with Crippen molar-refractivity contribution in [3.8, 4) is 0 Å². The molecule has 0 aromatic heterocycles. The molecule has 32 heavy (non-hydrogen) atoms. The lowest BCUT2D eigenvalue weighted by Gasteiger charge is -2.62. The van der Waals surface area contributed by atoms with Crippen molar-refractivity contribution in [2.45, 2.75) is 129 Å². The summed E-state index contributed by atoms with van der Waals surface area (Å²) >= 11 is 0. The van der Waals surface area contributed by atoms with Gasteiger partial charge in [-0.15, -0.1) is 6.58 Å². The van der Waals surface area contributed by atoms with Crippen LogP contribution in [0.1, 0.15) is 117 Å². The maximum absolute atomic E-state index is 10.8. The average molecular weight is 445 g/mol. The third kappa shape index (κ3) is 4.49. The normalized spacial score (nSPS) is 45.7. The van der Waals surface area contributed by atoms with Gasteiger partial charge in [-0.2, -0.15) is 0 Å². The first-order valence-electron chi connectivity index (χ1n) is 14.4. The summed E-state index contributed by atoms with van der Waals surface area (Å²) in [6.07, 6.45) is 21.9. The lowest BCUT2D eigenvalue weighted by Crippen LogP contribution is -2.57. The minimum Gasteiger partial charge on any atom is -0.393 e. The van der Waals surface area contributed by atoms with Crippen LogP contribution in [0.15, 0.2) is 12.7 Å². The molecule has 0 heterocycles. The molecule has 4 rings (SSSR count). The first-order chi connectivity index (χ1) is 15.5. The molecule has 9 atom stereocenters. The Kier molecular flexibility index (Phi) is 8.14. The fourth-order valence-electron chi connectivity index (χ4n) is 9.35. The number of aliphatic hydroxyl groups is 1. The van der Waals surface area contributed by atoms with E-state index < -0.39 is 0 Å². The number of unbranched alkanes of at least 4 members (excludes halogenated alkanes) is 5. The van der Waals surface area contributed by atoms with E-state index in [2.05, 4.69) is 33.4 Å². The molecule has 1 unspecified atom stereocenters. The molecule has 2 nitrogen and oxygen atoms in total. The van der Waals surface area contributed by atoms with Gasteiger partial charge in [0, 0.05) is 6.61 Å². The average Bonchev–Trinajstić information content (AvgIpc) is 3.12. The zero-order valence-corrected chi connectivity index (χ0v) is 21.5. The van der Waals surface area contributed by atoms with Gasteiger partial charge >= 0.3 is 0 Å². The summed E-state index contributed by atoms with van der Waals surface area (Å²) in [5, 5.41) is 10.8. The minimum atomic E-state index is -0.109. The van der Waals surface area contributed by atoms with Gasteiger partial charge in [0.2, 0.25) is 0 Å². The molecular formula is C30H52O2. The number of hydrogen-bond donors (Lipinski definition) is 1. The van der Waals surface area contributed by atoms with Gasteiger partial charge in [-0.3, -0.25) is 0 Å². The lowest BCUT2D eigenvalue weighted by atomic mass is 9.43. The van der Waals surface area contributed by atoms with Crippen LogP contribution >= 0.6 is 0 Å². The largest absolute Gasteiger partial charge is 0.393 e. The Labute approximate surface area is 199 Å². The van der Waals surface area contributed by atoms with Crippen molar-refractivity contribution < 1.29 is 9.84 Å². The van der Waals surface area contributed by atoms with E-state index >= 15 is 0 Å². The van der Waals surface area contributed by atoms with Crippen molar-refractivity contribution in [2.75, 3.05) is 6.61 Å². The number of ether oxygens (including phenoxy) is 1. The highest BCUT2D eigenvalue weighted by atomic mass is 16.5. The van der Waals surface area contributed by atoms with Gasteiger partial charge in [0.05, 0.1) is 12.2 Å². The summed E-state index contributed by atoms with van der Waals surface area (Å²) in [7, 11) is 0. The van der Waals surface area contributed by atoms with Crippen LogP contribution in [0.5, 0.6) is 0 Å². The number of rotatable bonds is 10. The molecule has 0 bridgehead atoms. The van der Waals surface area contributed by atoms with Crippen molar-refractivity contribution in [1.82, 2.24) is 0 Å². The third-order valence-corrected chi connectivity index (χ3v) is 11.1. The Bertz CT molecular complexity index is 616. The van der Waals surface area contributed by atoms with Crippen molar-refractivity contribution in [3.63, 3.8) is 0 Å². The fraction of sp³-hybridized carbons (Fsp3) is 0.933. The molecule has 184 valence electrons. The van der Waals surface area contributed by atoms with Crippen molar-refractivity contribution in [3.05, 3.63) is 12.7 Å². The van der Waals surface area contributed by atoms with E-state index in [1.807, 2.05) is 0 Å². The van der Waals surface area contributed by atoms with Crippen molar-refractivity contribution in [1.29, 1.82) is 0 Å². The maximum Gasteiger partial charge on any atom is 0.0631 e. The van der Waals surface area contributed by atoms with Gasteiger partial charge in [-0.25, -0.2) is 0 Å². The smallest absolute Gasteiger partial charge is 0.0631 e. The molecule has 0 aliphatic heterocycles. The van der Waals surface area contributed by atoms with Crippen molar-refractivity contribution >= 4 is 0 Å². The quantitative estimate of drug-likeness (QED) is 0.274. The van der Waals surface area contributed by atoms with E-state index in [0.717, 1.165) is 37.2 Å². The molecule has 1 N–H and O–H groups in total. The Morgan fingerprint density at radius 1 is 0.844 bits per heavy atom. The summed E-state index contributed by atoms with van der Waals surface area (Å²) in [6, 6.07) is 0. The van der Waals surface area contributed by atoms with Crippen LogP contribution in [0.25, 0.3) is 0 Å². The second-order valence-corrected chi connectivity index (χ2v) is 12.6.